The molecule has 0 spiro atoms. The zero-order chi connectivity index (χ0) is 13.4. The van der Waals surface area contributed by atoms with E-state index in [4.69, 9.17) is 5.73 Å². The van der Waals surface area contributed by atoms with Gasteiger partial charge in [-0.15, -0.1) is 11.3 Å². The van der Waals surface area contributed by atoms with Gasteiger partial charge in [0.15, 0.2) is 0 Å². The number of halogens is 2. The molecule has 0 saturated heterocycles. The van der Waals surface area contributed by atoms with Gasteiger partial charge in [-0.05, 0) is 39.9 Å². The van der Waals surface area contributed by atoms with Crippen LogP contribution in [0.4, 0.5) is 10.3 Å². The molecule has 0 aliphatic carbocycles. The Kier molecular flexibility index (Phi) is 3.28. The summed E-state index contributed by atoms with van der Waals surface area (Å²) in [4.78, 5) is 5.54. The molecule has 0 fully saturated rings. The lowest BCUT2D eigenvalue weighted by molar-refractivity contribution is 0.621. The van der Waals surface area contributed by atoms with Crippen molar-refractivity contribution in [3.8, 4) is 0 Å². The van der Waals surface area contributed by atoms with Crippen LogP contribution in [0.3, 0.4) is 0 Å². The summed E-state index contributed by atoms with van der Waals surface area (Å²) in [7, 11) is 0. The summed E-state index contributed by atoms with van der Waals surface area (Å²) < 4.78 is 15.9. The molecular weight excluding hydrogens is 329 g/mol. The standard InChI is InChI=1S/C13H11BrFN3S/c14-9-6-11-12(7-10(9)15)18(13(16)17-11)4-3-8-2-1-5-19-8/h1-2,5-7H,3-4H2,(H2,16,17). The van der Waals surface area contributed by atoms with Crippen LogP contribution in [-0.2, 0) is 13.0 Å². The van der Waals surface area contributed by atoms with E-state index >= 15 is 0 Å². The highest BCUT2D eigenvalue weighted by Gasteiger charge is 2.11. The Morgan fingerprint density at radius 1 is 1.42 bits per heavy atom. The smallest absolute Gasteiger partial charge is 0.201 e. The average molecular weight is 340 g/mol. The first-order valence-electron chi connectivity index (χ1n) is 5.78. The van der Waals surface area contributed by atoms with Crippen molar-refractivity contribution in [1.82, 2.24) is 9.55 Å². The van der Waals surface area contributed by atoms with Crippen LogP contribution in [-0.4, -0.2) is 9.55 Å². The van der Waals surface area contributed by atoms with Crippen LogP contribution >= 0.6 is 27.3 Å². The number of aryl methyl sites for hydroxylation is 2. The van der Waals surface area contributed by atoms with E-state index in [9.17, 15) is 4.39 Å². The normalized spacial score (nSPS) is 11.3. The Morgan fingerprint density at radius 3 is 3.00 bits per heavy atom. The Morgan fingerprint density at radius 2 is 2.26 bits per heavy atom. The molecular formula is C13H11BrFN3S. The van der Waals surface area contributed by atoms with E-state index in [-0.39, 0.29) is 5.82 Å². The molecule has 0 atom stereocenters. The van der Waals surface area contributed by atoms with E-state index < -0.39 is 0 Å². The van der Waals surface area contributed by atoms with Crippen molar-refractivity contribution in [2.24, 2.45) is 0 Å². The van der Waals surface area contributed by atoms with E-state index in [0.717, 1.165) is 11.9 Å². The van der Waals surface area contributed by atoms with Gasteiger partial charge in [-0.25, -0.2) is 9.37 Å². The number of nitrogens with two attached hydrogens (primary N) is 1. The lowest BCUT2D eigenvalue weighted by Crippen LogP contribution is -2.05. The summed E-state index contributed by atoms with van der Waals surface area (Å²) in [6.45, 7) is 0.698. The molecule has 3 rings (SSSR count). The summed E-state index contributed by atoms with van der Waals surface area (Å²) in [6, 6.07) is 7.23. The van der Waals surface area contributed by atoms with Crippen LogP contribution in [0.2, 0.25) is 0 Å². The Bertz CT molecular complexity index is 721. The van der Waals surface area contributed by atoms with Crippen molar-refractivity contribution in [3.63, 3.8) is 0 Å². The quantitative estimate of drug-likeness (QED) is 0.788. The fraction of sp³-hybridized carbons (Fsp3) is 0.154. The molecule has 1 aromatic carbocycles. The topological polar surface area (TPSA) is 43.8 Å². The highest BCUT2D eigenvalue weighted by atomic mass is 79.9. The van der Waals surface area contributed by atoms with Crippen molar-refractivity contribution >= 4 is 44.2 Å². The second-order valence-corrected chi connectivity index (χ2v) is 6.09. The first-order chi connectivity index (χ1) is 9.15. The number of benzene rings is 1. The number of hydrogen-bond donors (Lipinski definition) is 1. The van der Waals surface area contributed by atoms with Crippen LogP contribution in [0.5, 0.6) is 0 Å². The lowest BCUT2D eigenvalue weighted by Gasteiger charge is -2.05. The number of fused-ring (bicyclic) bond motifs is 1. The van der Waals surface area contributed by atoms with Crippen molar-refractivity contribution in [3.05, 3.63) is 44.8 Å². The van der Waals surface area contributed by atoms with Crippen LogP contribution < -0.4 is 5.73 Å². The molecule has 0 radical (unpaired) electrons. The summed E-state index contributed by atoms with van der Waals surface area (Å²) in [5.74, 6) is 0.119. The minimum Gasteiger partial charge on any atom is -0.369 e. The predicted octanol–water partition coefficient (Wildman–Crippen LogP) is 3.82. The first kappa shape index (κ1) is 12.6. The minimum absolute atomic E-state index is 0.301. The fourth-order valence-electron chi connectivity index (χ4n) is 2.05. The van der Waals surface area contributed by atoms with E-state index in [1.807, 2.05) is 16.0 Å². The number of hydrogen-bond acceptors (Lipinski definition) is 3. The highest BCUT2D eigenvalue weighted by Crippen LogP contribution is 2.25. The monoisotopic (exact) mass is 339 g/mol. The number of rotatable bonds is 3. The molecule has 19 heavy (non-hydrogen) atoms. The molecule has 0 aliphatic rings. The largest absolute Gasteiger partial charge is 0.369 e. The number of nitrogens with zero attached hydrogens (tertiary/aromatic N) is 2. The number of imidazole rings is 1. The van der Waals surface area contributed by atoms with Gasteiger partial charge in [-0.1, -0.05) is 6.07 Å². The van der Waals surface area contributed by atoms with Crippen LogP contribution in [0.1, 0.15) is 4.88 Å². The summed E-state index contributed by atoms with van der Waals surface area (Å²) in [5.41, 5.74) is 7.35. The van der Waals surface area contributed by atoms with E-state index in [1.54, 1.807) is 17.4 Å². The summed E-state index contributed by atoms with van der Waals surface area (Å²) in [6.07, 6.45) is 0.866. The summed E-state index contributed by atoms with van der Waals surface area (Å²) in [5, 5.41) is 2.04. The van der Waals surface area contributed by atoms with Crippen molar-refractivity contribution in [2.45, 2.75) is 13.0 Å². The Hall–Kier alpha value is -1.40. The fourth-order valence-corrected chi connectivity index (χ4v) is 3.08. The number of nitrogen functional groups attached to an aromatic ring is 1. The molecule has 3 aromatic rings. The van der Waals surface area contributed by atoms with Gasteiger partial charge < -0.3 is 10.3 Å². The van der Waals surface area contributed by atoms with Crippen molar-refractivity contribution < 1.29 is 4.39 Å². The molecule has 0 amide bonds. The van der Waals surface area contributed by atoms with Gasteiger partial charge in [-0.2, -0.15) is 0 Å². The third-order valence-corrected chi connectivity index (χ3v) is 4.53. The number of aromatic nitrogens is 2. The third kappa shape index (κ3) is 2.37. The van der Waals surface area contributed by atoms with Gasteiger partial charge in [0.2, 0.25) is 5.95 Å². The molecule has 6 heteroatoms. The molecule has 0 aliphatic heterocycles. The van der Waals surface area contributed by atoms with Gasteiger partial charge in [0.25, 0.3) is 0 Å². The van der Waals surface area contributed by atoms with E-state index in [1.165, 1.54) is 10.9 Å². The highest BCUT2D eigenvalue weighted by molar-refractivity contribution is 9.10. The summed E-state index contributed by atoms with van der Waals surface area (Å²) >= 11 is 4.86. The Balaban J connectivity index is 1.98. The van der Waals surface area contributed by atoms with Gasteiger partial charge in [0.05, 0.1) is 15.5 Å². The maximum Gasteiger partial charge on any atom is 0.201 e. The second-order valence-electron chi connectivity index (χ2n) is 4.21. The molecule has 98 valence electrons. The molecule has 0 saturated carbocycles. The Labute approximate surface area is 122 Å². The van der Waals surface area contributed by atoms with Gasteiger partial charge in [-0.3, -0.25) is 0 Å². The van der Waals surface area contributed by atoms with E-state index in [2.05, 4.69) is 27.0 Å². The van der Waals surface area contributed by atoms with Crippen molar-refractivity contribution in [2.75, 3.05) is 5.73 Å². The van der Waals surface area contributed by atoms with Crippen LogP contribution in [0.15, 0.2) is 34.1 Å². The molecule has 0 unspecified atom stereocenters. The lowest BCUT2D eigenvalue weighted by atomic mass is 10.3. The number of anilines is 1. The molecule has 3 nitrogen and oxygen atoms in total. The SMILES string of the molecule is Nc1nc2cc(Br)c(F)cc2n1CCc1cccs1. The molecule has 2 heterocycles. The zero-order valence-electron chi connectivity index (χ0n) is 9.94. The van der Waals surface area contributed by atoms with Crippen LogP contribution in [0.25, 0.3) is 11.0 Å². The zero-order valence-corrected chi connectivity index (χ0v) is 12.3. The van der Waals surface area contributed by atoms with Gasteiger partial charge >= 0.3 is 0 Å². The minimum atomic E-state index is -0.301. The third-order valence-electron chi connectivity index (χ3n) is 2.98. The van der Waals surface area contributed by atoms with Gasteiger partial charge in [0, 0.05) is 17.5 Å². The average Bonchev–Trinajstić information content (AvgIpc) is 2.96. The van der Waals surface area contributed by atoms with Crippen molar-refractivity contribution in [1.29, 1.82) is 0 Å². The second kappa shape index (κ2) is 4.94. The first-order valence-corrected chi connectivity index (χ1v) is 7.45. The maximum atomic E-state index is 13.6. The molecule has 2 aromatic heterocycles. The van der Waals surface area contributed by atoms with E-state index in [0.29, 0.717) is 22.5 Å². The maximum absolute atomic E-state index is 13.6. The number of thiophene rings is 1. The van der Waals surface area contributed by atoms with Crippen LogP contribution in [0, 0.1) is 5.82 Å². The molecule has 0 bridgehead atoms. The van der Waals surface area contributed by atoms with Gasteiger partial charge in [0.1, 0.15) is 5.82 Å². The molecule has 2 N–H and O–H groups in total. The predicted molar refractivity (Wildman–Crippen MR) is 79.8 cm³/mol.